The first kappa shape index (κ1) is 32.7. The number of hydrogen-bond donors (Lipinski definition) is 2. The van der Waals surface area contributed by atoms with E-state index in [1.54, 1.807) is 30.4 Å². The maximum Gasteiger partial charge on any atom is 0.350 e. The summed E-state index contributed by atoms with van der Waals surface area (Å²) >= 11 is 0. The molecule has 0 bridgehead atoms. The van der Waals surface area contributed by atoms with E-state index < -0.39 is 5.79 Å². The van der Waals surface area contributed by atoms with E-state index in [0.717, 1.165) is 40.4 Å². The second-order valence-corrected chi connectivity index (χ2v) is 11.7. The number of ether oxygens (including phenoxy) is 4. The second-order valence-electron chi connectivity index (χ2n) is 11.7. The molecule has 3 heterocycles. The minimum absolute atomic E-state index is 0.0613. The van der Waals surface area contributed by atoms with Gasteiger partial charge < -0.3 is 29.6 Å². The highest BCUT2D eigenvalue weighted by atomic mass is 16.8. The molecule has 2 N–H and O–H groups in total. The smallest absolute Gasteiger partial charge is 0.350 e. The Balaban J connectivity index is 0.975. The van der Waals surface area contributed by atoms with Crippen LogP contribution in [0.5, 0.6) is 11.5 Å². The lowest BCUT2D eigenvalue weighted by Crippen LogP contribution is -2.32. The Morgan fingerprint density at radius 3 is 2.40 bits per heavy atom. The highest BCUT2D eigenvalue weighted by molar-refractivity contribution is 5.50. The molecule has 0 radical (unpaired) electrons. The summed E-state index contributed by atoms with van der Waals surface area (Å²) in [7, 11) is 1.64. The molecule has 6 rings (SSSR count). The Bertz CT molecular complexity index is 1810. The number of hydrogen-bond acceptors (Lipinski definition) is 10. The van der Waals surface area contributed by atoms with Gasteiger partial charge in [-0.3, -0.25) is 0 Å². The molecule has 12 heteroatoms. The number of methoxy groups -OCH3 is 1. The molecule has 1 unspecified atom stereocenters. The number of anilines is 2. The average Bonchev–Trinajstić information content (AvgIpc) is 3.73. The molecule has 5 aromatic rings. The fourth-order valence-corrected chi connectivity index (χ4v) is 5.61. The first-order valence-corrected chi connectivity index (χ1v) is 16.2. The quantitative estimate of drug-likeness (QED) is 0.146. The fourth-order valence-electron chi connectivity index (χ4n) is 5.61. The van der Waals surface area contributed by atoms with Crippen molar-refractivity contribution in [3.05, 3.63) is 119 Å². The van der Waals surface area contributed by atoms with Crippen LogP contribution in [-0.4, -0.2) is 64.1 Å². The van der Waals surface area contributed by atoms with Crippen LogP contribution in [0.15, 0.2) is 102 Å². The standard InChI is InChI=1S/C36H41N7O5/c1-4-26(2)43-35(44)42(25-41-43)30-13-9-28(10-14-30)37-19-20-38-29-11-15-31(16-12-29)46-23-32-24-47-36(48-32,21-27-17-18-39-40-22-27)33-7-5-6-8-34(33)45-3/h5-18,22,25-26,32,37-38H,4,19-21,23-24H2,1-3H3/t26?,32-,36-/m1/s1. The molecule has 0 spiro atoms. The normalized spacial score (nSPS) is 17.9. The van der Waals surface area contributed by atoms with Gasteiger partial charge in [-0.15, -0.1) is 0 Å². The van der Waals surface area contributed by atoms with E-state index in [9.17, 15) is 4.79 Å². The van der Waals surface area contributed by atoms with Crippen molar-refractivity contribution in [2.45, 2.75) is 44.6 Å². The largest absolute Gasteiger partial charge is 0.496 e. The van der Waals surface area contributed by atoms with Gasteiger partial charge in [-0.05, 0) is 85.6 Å². The summed E-state index contributed by atoms with van der Waals surface area (Å²) < 4.78 is 27.8. The van der Waals surface area contributed by atoms with Crippen LogP contribution in [0.4, 0.5) is 11.4 Å². The highest BCUT2D eigenvalue weighted by Gasteiger charge is 2.45. The summed E-state index contributed by atoms with van der Waals surface area (Å²) in [6.07, 6.45) is 5.96. The summed E-state index contributed by atoms with van der Waals surface area (Å²) in [4.78, 5) is 12.7. The van der Waals surface area contributed by atoms with Crippen LogP contribution in [0.25, 0.3) is 5.69 Å². The summed E-state index contributed by atoms with van der Waals surface area (Å²) in [5.74, 6) is 0.394. The topological polar surface area (TPSA) is 127 Å². The van der Waals surface area contributed by atoms with Gasteiger partial charge in [0.1, 0.15) is 30.5 Å². The minimum atomic E-state index is -1.04. The van der Waals surface area contributed by atoms with Crippen molar-refractivity contribution in [2.75, 3.05) is 44.0 Å². The van der Waals surface area contributed by atoms with Gasteiger partial charge in [0.25, 0.3) is 0 Å². The summed E-state index contributed by atoms with van der Waals surface area (Å²) in [5.41, 5.74) is 4.36. The van der Waals surface area contributed by atoms with E-state index in [1.807, 2.05) is 92.7 Å². The van der Waals surface area contributed by atoms with Crippen molar-refractivity contribution in [3.63, 3.8) is 0 Å². The van der Waals surface area contributed by atoms with Crippen LogP contribution < -0.4 is 25.8 Å². The Morgan fingerprint density at radius 2 is 1.71 bits per heavy atom. The van der Waals surface area contributed by atoms with Crippen LogP contribution >= 0.6 is 0 Å². The zero-order valence-electron chi connectivity index (χ0n) is 27.4. The summed E-state index contributed by atoms with van der Waals surface area (Å²) in [6, 6.07) is 25.3. The van der Waals surface area contributed by atoms with Gasteiger partial charge in [0.15, 0.2) is 0 Å². The van der Waals surface area contributed by atoms with Gasteiger partial charge in [-0.25, -0.2) is 14.0 Å². The fraction of sp³-hybridized carbons (Fsp3) is 0.333. The van der Waals surface area contributed by atoms with Crippen molar-refractivity contribution in [1.29, 1.82) is 0 Å². The molecular formula is C36H41N7O5. The maximum atomic E-state index is 12.7. The van der Waals surface area contributed by atoms with Gasteiger partial charge in [0.05, 0.1) is 37.2 Å². The van der Waals surface area contributed by atoms with Crippen molar-refractivity contribution >= 4 is 11.4 Å². The molecule has 0 amide bonds. The minimum Gasteiger partial charge on any atom is -0.496 e. The van der Waals surface area contributed by atoms with E-state index in [4.69, 9.17) is 18.9 Å². The molecule has 3 aromatic carbocycles. The summed E-state index contributed by atoms with van der Waals surface area (Å²) in [5, 5.41) is 19.0. The zero-order valence-corrected chi connectivity index (χ0v) is 27.4. The molecule has 1 saturated heterocycles. The van der Waals surface area contributed by atoms with Crippen molar-refractivity contribution in [2.24, 2.45) is 0 Å². The van der Waals surface area contributed by atoms with E-state index >= 15 is 0 Å². The second kappa shape index (κ2) is 15.1. The monoisotopic (exact) mass is 651 g/mol. The molecule has 250 valence electrons. The lowest BCUT2D eigenvalue weighted by molar-refractivity contribution is -0.179. The number of benzene rings is 3. The predicted octanol–water partition coefficient (Wildman–Crippen LogP) is 5.22. The molecular weight excluding hydrogens is 610 g/mol. The lowest BCUT2D eigenvalue weighted by atomic mass is 9.97. The molecule has 0 aliphatic carbocycles. The lowest BCUT2D eigenvalue weighted by Gasteiger charge is -2.30. The number of nitrogens with one attached hydrogen (secondary N) is 2. The molecule has 12 nitrogen and oxygen atoms in total. The first-order valence-electron chi connectivity index (χ1n) is 16.2. The van der Waals surface area contributed by atoms with Crippen LogP contribution in [0.1, 0.15) is 37.4 Å². The van der Waals surface area contributed by atoms with Crippen LogP contribution in [0.2, 0.25) is 0 Å². The number of para-hydroxylation sites is 1. The zero-order chi connectivity index (χ0) is 33.3. The number of aromatic nitrogens is 5. The van der Waals surface area contributed by atoms with E-state index in [1.165, 1.54) is 4.68 Å². The van der Waals surface area contributed by atoms with Crippen LogP contribution in [0, 0.1) is 0 Å². The van der Waals surface area contributed by atoms with Gasteiger partial charge in [0, 0.05) is 37.1 Å². The maximum absolute atomic E-state index is 12.7. The number of nitrogens with zero attached hydrogens (tertiary/aromatic N) is 5. The Kier molecular flexibility index (Phi) is 10.3. The molecule has 48 heavy (non-hydrogen) atoms. The Hall–Kier alpha value is -5.20. The van der Waals surface area contributed by atoms with Gasteiger partial charge in [-0.1, -0.05) is 19.1 Å². The highest BCUT2D eigenvalue weighted by Crippen LogP contribution is 2.41. The molecule has 1 aliphatic heterocycles. The molecule has 1 aliphatic rings. The Morgan fingerprint density at radius 1 is 0.979 bits per heavy atom. The van der Waals surface area contributed by atoms with Crippen molar-refractivity contribution < 1.29 is 18.9 Å². The van der Waals surface area contributed by atoms with E-state index in [-0.39, 0.29) is 17.8 Å². The summed E-state index contributed by atoms with van der Waals surface area (Å²) in [6.45, 7) is 6.16. The molecule has 1 fully saturated rings. The molecule has 0 saturated carbocycles. The third-order valence-corrected chi connectivity index (χ3v) is 8.38. The SMILES string of the molecule is CCC(C)n1ncn(-c2ccc(NCCNc3ccc(OC[C@@H]4CO[C@@](Cc5ccnnc5)(c5ccccc5OC)O4)cc3)cc2)c1=O. The Labute approximate surface area is 279 Å². The van der Waals surface area contributed by atoms with Gasteiger partial charge in [0.2, 0.25) is 5.79 Å². The predicted molar refractivity (Wildman–Crippen MR) is 183 cm³/mol. The average molecular weight is 652 g/mol. The molecule has 2 aromatic heterocycles. The van der Waals surface area contributed by atoms with E-state index in [2.05, 4.69) is 25.9 Å². The van der Waals surface area contributed by atoms with Crippen LogP contribution in [0.3, 0.4) is 0 Å². The third-order valence-electron chi connectivity index (χ3n) is 8.38. The van der Waals surface area contributed by atoms with E-state index in [0.29, 0.717) is 38.5 Å². The van der Waals surface area contributed by atoms with Gasteiger partial charge >= 0.3 is 5.69 Å². The van der Waals surface area contributed by atoms with Crippen molar-refractivity contribution in [1.82, 2.24) is 24.5 Å². The number of rotatable bonds is 15. The van der Waals surface area contributed by atoms with Gasteiger partial charge in [-0.2, -0.15) is 15.3 Å². The molecule has 3 atom stereocenters. The van der Waals surface area contributed by atoms with Crippen LogP contribution in [-0.2, 0) is 21.7 Å². The first-order chi connectivity index (χ1) is 23.5. The third kappa shape index (κ3) is 7.50. The van der Waals surface area contributed by atoms with Crippen molar-refractivity contribution in [3.8, 4) is 17.2 Å².